The summed E-state index contributed by atoms with van der Waals surface area (Å²) in [7, 11) is 0. The molecule has 0 fully saturated rings. The van der Waals surface area contributed by atoms with E-state index in [0.717, 1.165) is 28.6 Å². The van der Waals surface area contributed by atoms with E-state index in [9.17, 15) is 0 Å². The van der Waals surface area contributed by atoms with Gasteiger partial charge in [-0.15, -0.1) is 0 Å². The van der Waals surface area contributed by atoms with Crippen LogP contribution in [0.3, 0.4) is 0 Å². The van der Waals surface area contributed by atoms with Crippen molar-refractivity contribution in [1.29, 1.82) is 0 Å². The van der Waals surface area contributed by atoms with E-state index in [0.29, 0.717) is 0 Å². The molecule has 2 rings (SSSR count). The molecule has 1 aromatic heterocycles. The number of rotatable bonds is 2. The third-order valence-electron chi connectivity index (χ3n) is 2.72. The first-order valence-corrected chi connectivity index (χ1v) is 7.16. The second-order valence-electron chi connectivity index (χ2n) is 4.69. The lowest BCUT2D eigenvalue weighted by molar-refractivity contribution is 1.02. The summed E-state index contributed by atoms with van der Waals surface area (Å²) in [5, 5.41) is 2.09. The molecule has 108 valence electrons. The number of H-pyrrole nitrogens is 1. The molecule has 0 saturated heterocycles. The lowest BCUT2D eigenvalue weighted by Gasteiger charge is -1.98. The molecular weight excluding hydrogens is 246 g/mol. The smallest absolute Gasteiger partial charge is 0.111 e. The highest BCUT2D eigenvalue weighted by molar-refractivity contribution is 5.40. The molecule has 1 heterocycles. The fourth-order valence-corrected chi connectivity index (χ4v) is 1.81. The minimum absolute atomic E-state index is 0.790. The number of nitrogens with zero attached hydrogens (tertiary/aromatic N) is 1. The van der Waals surface area contributed by atoms with Crippen LogP contribution in [0.25, 0.3) is 12.2 Å². The van der Waals surface area contributed by atoms with Crippen molar-refractivity contribution in [1.82, 2.24) is 9.97 Å². The van der Waals surface area contributed by atoms with Crippen molar-refractivity contribution in [3.63, 3.8) is 0 Å². The van der Waals surface area contributed by atoms with Crippen molar-refractivity contribution < 1.29 is 0 Å². The van der Waals surface area contributed by atoms with E-state index in [4.69, 9.17) is 5.73 Å². The molecular formula is C17H25N3. The molecule has 3 N–H and O–H groups in total. The first-order valence-electron chi connectivity index (χ1n) is 7.16. The van der Waals surface area contributed by atoms with Crippen LogP contribution in [0.4, 0.5) is 5.69 Å². The SMILES string of the molecule is C/C=c1/nc(Cc2ccc(N)cc2)[nH]/c1=C/C.CCC. The number of benzene rings is 1. The van der Waals surface area contributed by atoms with Crippen LogP contribution in [0.5, 0.6) is 0 Å². The normalized spacial score (nSPS) is 12.2. The van der Waals surface area contributed by atoms with Gasteiger partial charge in [-0.3, -0.25) is 0 Å². The minimum atomic E-state index is 0.790. The molecule has 20 heavy (non-hydrogen) atoms. The van der Waals surface area contributed by atoms with Crippen LogP contribution in [0.1, 0.15) is 45.5 Å². The fraction of sp³-hybridized carbons (Fsp3) is 0.353. The second-order valence-corrected chi connectivity index (χ2v) is 4.69. The Bertz CT molecular complexity index is 590. The number of nitrogen functional groups attached to an aromatic ring is 1. The van der Waals surface area contributed by atoms with E-state index in [2.05, 4.69) is 23.8 Å². The number of aromatic amines is 1. The number of hydrogen-bond acceptors (Lipinski definition) is 2. The molecule has 0 aliphatic rings. The van der Waals surface area contributed by atoms with Crippen LogP contribution in [0.15, 0.2) is 24.3 Å². The number of imidazole rings is 1. The summed E-state index contributed by atoms with van der Waals surface area (Å²) in [6.45, 7) is 8.25. The zero-order chi connectivity index (χ0) is 15.0. The van der Waals surface area contributed by atoms with Crippen LogP contribution in [-0.2, 0) is 6.42 Å². The Morgan fingerprint density at radius 1 is 1.10 bits per heavy atom. The molecule has 0 atom stereocenters. The van der Waals surface area contributed by atoms with Crippen molar-refractivity contribution in [2.75, 3.05) is 5.73 Å². The number of aromatic nitrogens is 2. The van der Waals surface area contributed by atoms with E-state index in [-0.39, 0.29) is 0 Å². The predicted octanol–water partition coefficient (Wildman–Crippen LogP) is 2.60. The monoisotopic (exact) mass is 271 g/mol. The maximum absolute atomic E-state index is 5.66. The van der Waals surface area contributed by atoms with Gasteiger partial charge < -0.3 is 10.7 Å². The Kier molecular flexibility index (Phi) is 6.57. The summed E-state index contributed by atoms with van der Waals surface area (Å²) >= 11 is 0. The number of nitrogens with two attached hydrogens (primary N) is 1. The molecule has 0 radical (unpaired) electrons. The van der Waals surface area contributed by atoms with Crippen LogP contribution < -0.4 is 16.4 Å². The zero-order valence-corrected chi connectivity index (χ0v) is 12.9. The van der Waals surface area contributed by atoms with E-state index >= 15 is 0 Å². The van der Waals surface area contributed by atoms with Gasteiger partial charge in [0.05, 0.1) is 10.7 Å². The molecule has 1 aromatic carbocycles. The van der Waals surface area contributed by atoms with Crippen molar-refractivity contribution in [2.45, 2.75) is 40.5 Å². The maximum atomic E-state index is 5.66. The Hall–Kier alpha value is -2.03. The molecule has 0 saturated carbocycles. The molecule has 0 spiro atoms. The number of hydrogen-bond donors (Lipinski definition) is 2. The number of anilines is 1. The van der Waals surface area contributed by atoms with Crippen LogP contribution in [0, 0.1) is 0 Å². The van der Waals surface area contributed by atoms with Crippen LogP contribution >= 0.6 is 0 Å². The number of nitrogens with one attached hydrogen (secondary N) is 1. The fourth-order valence-electron chi connectivity index (χ4n) is 1.81. The quantitative estimate of drug-likeness (QED) is 0.825. The summed E-state index contributed by atoms with van der Waals surface area (Å²) < 4.78 is 0. The highest BCUT2D eigenvalue weighted by Gasteiger charge is 2.00. The van der Waals surface area contributed by atoms with Gasteiger partial charge in [0.25, 0.3) is 0 Å². The molecule has 0 aliphatic heterocycles. The molecule has 0 aliphatic carbocycles. The molecule has 0 bridgehead atoms. The summed E-state index contributed by atoms with van der Waals surface area (Å²) in [6.07, 6.45) is 6.10. The Morgan fingerprint density at radius 3 is 2.15 bits per heavy atom. The van der Waals surface area contributed by atoms with Gasteiger partial charge in [0, 0.05) is 12.1 Å². The minimum Gasteiger partial charge on any atom is -0.399 e. The highest BCUT2D eigenvalue weighted by Crippen LogP contribution is 2.07. The Labute approximate surface area is 121 Å². The lowest BCUT2D eigenvalue weighted by atomic mass is 10.1. The molecule has 0 unspecified atom stereocenters. The van der Waals surface area contributed by atoms with Gasteiger partial charge in [-0.25, -0.2) is 4.98 Å². The third kappa shape index (κ3) is 4.57. The van der Waals surface area contributed by atoms with Gasteiger partial charge in [-0.05, 0) is 31.5 Å². The topological polar surface area (TPSA) is 54.7 Å². The van der Waals surface area contributed by atoms with Crippen molar-refractivity contribution in [3.8, 4) is 0 Å². The predicted molar refractivity (Wildman–Crippen MR) is 87.7 cm³/mol. The summed E-state index contributed by atoms with van der Waals surface area (Å²) in [6, 6.07) is 7.89. The second kappa shape index (κ2) is 8.20. The van der Waals surface area contributed by atoms with Crippen LogP contribution in [-0.4, -0.2) is 9.97 Å². The average Bonchev–Trinajstić information content (AvgIpc) is 2.84. The Morgan fingerprint density at radius 2 is 1.70 bits per heavy atom. The Balaban J connectivity index is 0.000000612. The first kappa shape index (κ1) is 16.0. The van der Waals surface area contributed by atoms with Crippen molar-refractivity contribution in [2.24, 2.45) is 0 Å². The first-order chi connectivity index (χ1) is 9.64. The lowest BCUT2D eigenvalue weighted by Crippen LogP contribution is -2.23. The van der Waals surface area contributed by atoms with E-state index in [1.807, 2.05) is 50.3 Å². The average molecular weight is 271 g/mol. The van der Waals surface area contributed by atoms with E-state index in [1.54, 1.807) is 0 Å². The zero-order valence-electron chi connectivity index (χ0n) is 12.9. The van der Waals surface area contributed by atoms with E-state index < -0.39 is 0 Å². The largest absolute Gasteiger partial charge is 0.399 e. The molecule has 2 aromatic rings. The van der Waals surface area contributed by atoms with Crippen molar-refractivity contribution in [3.05, 3.63) is 46.4 Å². The van der Waals surface area contributed by atoms with Crippen LogP contribution in [0.2, 0.25) is 0 Å². The van der Waals surface area contributed by atoms with Gasteiger partial charge in [0.15, 0.2) is 0 Å². The highest BCUT2D eigenvalue weighted by atomic mass is 14.9. The molecule has 0 amide bonds. The van der Waals surface area contributed by atoms with Gasteiger partial charge in [-0.2, -0.15) is 0 Å². The summed E-state index contributed by atoms with van der Waals surface area (Å²) in [5.74, 6) is 0.982. The third-order valence-corrected chi connectivity index (χ3v) is 2.72. The van der Waals surface area contributed by atoms with E-state index in [1.165, 1.54) is 12.0 Å². The standard InChI is InChI=1S/C14H17N3.C3H8/c1-3-12-13(4-2)17-14(16-12)9-10-5-7-11(15)8-6-10;1-3-2/h3-8H,9,15H2,1-2H3,(H,16,17);3H2,1-2H3/b12-3+,13-4+;. The van der Waals surface area contributed by atoms with Gasteiger partial charge in [0.2, 0.25) is 0 Å². The molecule has 3 nitrogen and oxygen atoms in total. The van der Waals surface area contributed by atoms with Gasteiger partial charge in [0.1, 0.15) is 5.82 Å². The summed E-state index contributed by atoms with van der Waals surface area (Å²) in [5.41, 5.74) is 7.65. The summed E-state index contributed by atoms with van der Waals surface area (Å²) in [4.78, 5) is 7.86. The van der Waals surface area contributed by atoms with Crippen molar-refractivity contribution >= 4 is 17.8 Å². The van der Waals surface area contributed by atoms with Gasteiger partial charge >= 0.3 is 0 Å². The maximum Gasteiger partial charge on any atom is 0.111 e. The van der Waals surface area contributed by atoms with Gasteiger partial charge in [-0.1, -0.05) is 44.6 Å². The molecule has 3 heteroatoms.